The number of aliphatic hydroxyl groups is 1. The maximum atomic E-state index is 10.3. The van der Waals surface area contributed by atoms with E-state index >= 15 is 0 Å². The predicted molar refractivity (Wildman–Crippen MR) is 51.4 cm³/mol. The van der Waals surface area contributed by atoms with E-state index in [1.165, 1.54) is 0 Å². The minimum atomic E-state index is -0.765. The molecule has 1 fully saturated rings. The van der Waals surface area contributed by atoms with Gasteiger partial charge in [0.25, 0.3) is 0 Å². The Kier molecular flexibility index (Phi) is 2.08. The van der Waals surface area contributed by atoms with E-state index in [1.54, 1.807) is 22.6 Å². The summed E-state index contributed by atoms with van der Waals surface area (Å²) < 4.78 is 1.63. The highest BCUT2D eigenvalue weighted by Gasteiger charge is 2.42. The number of nitrogens with zero attached hydrogens (tertiary/aromatic N) is 3. The number of thioether (sulfide) groups is 1. The van der Waals surface area contributed by atoms with Crippen LogP contribution in [0.15, 0.2) is 6.20 Å². The fraction of sp³-hybridized carbons (Fsp3) is 0.750. The van der Waals surface area contributed by atoms with Gasteiger partial charge in [-0.3, -0.25) is 4.68 Å². The van der Waals surface area contributed by atoms with Gasteiger partial charge in [0.2, 0.25) is 0 Å². The van der Waals surface area contributed by atoms with Crippen LogP contribution in [0.25, 0.3) is 0 Å². The van der Waals surface area contributed by atoms with Crippen LogP contribution in [0, 0.1) is 0 Å². The molecule has 0 saturated carbocycles. The van der Waals surface area contributed by atoms with Crippen molar-refractivity contribution in [3.05, 3.63) is 11.9 Å². The van der Waals surface area contributed by atoms with E-state index in [4.69, 9.17) is 0 Å². The summed E-state index contributed by atoms with van der Waals surface area (Å²) in [5.41, 5.74) is -0.0636. The van der Waals surface area contributed by atoms with Crippen LogP contribution in [-0.2, 0) is 12.6 Å². The number of aryl methyl sites for hydroxylation is 1. The van der Waals surface area contributed by atoms with Crippen LogP contribution in [0.2, 0.25) is 0 Å². The molecular formula is C8H13N3OS. The van der Waals surface area contributed by atoms with Crippen molar-refractivity contribution in [3.8, 4) is 0 Å². The summed E-state index contributed by atoms with van der Waals surface area (Å²) in [6.45, 7) is 2.03. The Morgan fingerprint density at radius 1 is 1.77 bits per heavy atom. The molecule has 0 spiro atoms. The number of hydrogen-bond donors (Lipinski definition) is 1. The molecular weight excluding hydrogens is 186 g/mol. The molecule has 2 unspecified atom stereocenters. The van der Waals surface area contributed by atoms with Gasteiger partial charge in [-0.05, 0) is 12.2 Å². The molecule has 1 aromatic rings. The van der Waals surface area contributed by atoms with Crippen molar-refractivity contribution >= 4 is 11.8 Å². The number of rotatable bonds is 1. The van der Waals surface area contributed by atoms with Crippen LogP contribution < -0.4 is 0 Å². The van der Waals surface area contributed by atoms with Gasteiger partial charge in [-0.25, -0.2) is 0 Å². The van der Waals surface area contributed by atoms with Gasteiger partial charge in [0.1, 0.15) is 11.3 Å². The third-order valence-electron chi connectivity index (χ3n) is 2.57. The summed E-state index contributed by atoms with van der Waals surface area (Å²) in [7, 11) is 1.81. The fourth-order valence-corrected chi connectivity index (χ4v) is 2.91. The van der Waals surface area contributed by atoms with Gasteiger partial charge in [-0.15, -0.1) is 5.10 Å². The van der Waals surface area contributed by atoms with E-state index in [9.17, 15) is 5.11 Å². The standard InChI is InChI=1S/C8H13N3OS/c1-6-8(12,3-4-13-6)7-5-11(2)10-9-7/h5-6,12H,3-4H2,1-2H3. The Morgan fingerprint density at radius 2 is 2.54 bits per heavy atom. The van der Waals surface area contributed by atoms with Gasteiger partial charge in [-0.2, -0.15) is 11.8 Å². The van der Waals surface area contributed by atoms with Crippen molar-refractivity contribution in [2.75, 3.05) is 5.75 Å². The minimum Gasteiger partial charge on any atom is -0.382 e. The Bertz CT molecular complexity index is 314. The van der Waals surface area contributed by atoms with E-state index in [1.807, 2.05) is 14.0 Å². The van der Waals surface area contributed by atoms with E-state index in [0.717, 1.165) is 12.2 Å². The molecule has 13 heavy (non-hydrogen) atoms. The van der Waals surface area contributed by atoms with Gasteiger partial charge < -0.3 is 5.11 Å². The van der Waals surface area contributed by atoms with E-state index in [-0.39, 0.29) is 5.25 Å². The molecule has 0 aromatic carbocycles. The summed E-state index contributed by atoms with van der Waals surface area (Å²) >= 11 is 1.78. The van der Waals surface area contributed by atoms with Gasteiger partial charge in [0, 0.05) is 12.3 Å². The minimum absolute atomic E-state index is 0.212. The van der Waals surface area contributed by atoms with Crippen LogP contribution in [0.1, 0.15) is 19.0 Å². The van der Waals surface area contributed by atoms with E-state index in [0.29, 0.717) is 5.69 Å². The van der Waals surface area contributed by atoms with Gasteiger partial charge in [0.15, 0.2) is 0 Å². The molecule has 0 radical (unpaired) electrons. The Labute approximate surface area is 81.3 Å². The first kappa shape index (κ1) is 9.02. The normalized spacial score (nSPS) is 33.9. The highest BCUT2D eigenvalue weighted by Crippen LogP contribution is 2.41. The second-order valence-corrected chi connectivity index (χ2v) is 4.91. The first-order valence-corrected chi connectivity index (χ1v) is 5.38. The molecule has 1 aliphatic heterocycles. The quantitative estimate of drug-likeness (QED) is 0.716. The number of hydrogen-bond acceptors (Lipinski definition) is 4. The second kappa shape index (κ2) is 2.99. The molecule has 1 aromatic heterocycles. The Hall–Kier alpha value is -0.550. The zero-order chi connectivity index (χ0) is 9.47. The summed E-state index contributed by atoms with van der Waals surface area (Å²) in [5, 5.41) is 18.3. The smallest absolute Gasteiger partial charge is 0.122 e. The van der Waals surface area contributed by atoms with Crippen LogP contribution in [-0.4, -0.2) is 31.1 Å². The maximum Gasteiger partial charge on any atom is 0.122 e. The molecule has 1 saturated heterocycles. The fourth-order valence-electron chi connectivity index (χ4n) is 1.61. The molecule has 1 aliphatic rings. The molecule has 2 heterocycles. The van der Waals surface area contributed by atoms with Crippen molar-refractivity contribution in [1.82, 2.24) is 15.0 Å². The van der Waals surface area contributed by atoms with Crippen LogP contribution >= 0.6 is 11.8 Å². The summed E-state index contributed by atoms with van der Waals surface area (Å²) in [6, 6.07) is 0. The first-order chi connectivity index (χ1) is 6.13. The molecule has 72 valence electrons. The van der Waals surface area contributed by atoms with Gasteiger partial charge >= 0.3 is 0 Å². The highest BCUT2D eigenvalue weighted by molar-refractivity contribution is 8.00. The molecule has 0 aliphatic carbocycles. The highest BCUT2D eigenvalue weighted by atomic mass is 32.2. The summed E-state index contributed by atoms with van der Waals surface area (Å²) in [5.74, 6) is 0.994. The second-order valence-electron chi connectivity index (χ2n) is 3.46. The van der Waals surface area contributed by atoms with Crippen LogP contribution in [0.3, 0.4) is 0 Å². The lowest BCUT2D eigenvalue weighted by molar-refractivity contribution is 0.0381. The summed E-state index contributed by atoms with van der Waals surface area (Å²) in [4.78, 5) is 0. The zero-order valence-corrected chi connectivity index (χ0v) is 8.58. The summed E-state index contributed by atoms with van der Waals surface area (Å²) in [6.07, 6.45) is 2.57. The third-order valence-corrected chi connectivity index (χ3v) is 3.90. The molecule has 1 N–H and O–H groups in total. The van der Waals surface area contributed by atoms with Crippen molar-refractivity contribution in [1.29, 1.82) is 0 Å². The lowest BCUT2D eigenvalue weighted by Gasteiger charge is -2.23. The lowest BCUT2D eigenvalue weighted by Crippen LogP contribution is -2.31. The van der Waals surface area contributed by atoms with Crippen molar-refractivity contribution < 1.29 is 5.11 Å². The molecule has 0 amide bonds. The molecule has 4 nitrogen and oxygen atoms in total. The molecule has 0 bridgehead atoms. The zero-order valence-electron chi connectivity index (χ0n) is 7.77. The molecule has 2 rings (SSSR count). The van der Waals surface area contributed by atoms with Gasteiger partial charge in [-0.1, -0.05) is 12.1 Å². The Balaban J connectivity index is 2.33. The van der Waals surface area contributed by atoms with Crippen LogP contribution in [0.5, 0.6) is 0 Å². The topological polar surface area (TPSA) is 50.9 Å². The lowest BCUT2D eigenvalue weighted by atomic mass is 9.94. The molecule has 5 heteroatoms. The van der Waals surface area contributed by atoms with Crippen molar-refractivity contribution in [2.45, 2.75) is 24.2 Å². The average molecular weight is 199 g/mol. The Morgan fingerprint density at radius 3 is 3.00 bits per heavy atom. The first-order valence-electron chi connectivity index (χ1n) is 4.34. The maximum absolute atomic E-state index is 10.3. The monoisotopic (exact) mass is 199 g/mol. The average Bonchev–Trinajstić information content (AvgIpc) is 2.62. The molecule has 2 atom stereocenters. The third kappa shape index (κ3) is 1.36. The predicted octanol–water partition coefficient (Wildman–Crippen LogP) is 0.528. The van der Waals surface area contributed by atoms with Gasteiger partial charge in [0.05, 0.1) is 6.20 Å². The largest absolute Gasteiger partial charge is 0.382 e. The van der Waals surface area contributed by atoms with Crippen LogP contribution in [0.4, 0.5) is 0 Å². The van der Waals surface area contributed by atoms with Crippen molar-refractivity contribution in [3.63, 3.8) is 0 Å². The SMILES string of the molecule is CC1SCCC1(O)c1cn(C)nn1. The van der Waals surface area contributed by atoms with E-state index < -0.39 is 5.60 Å². The van der Waals surface area contributed by atoms with E-state index in [2.05, 4.69) is 10.3 Å². The number of aromatic nitrogens is 3. The van der Waals surface area contributed by atoms with Crippen molar-refractivity contribution in [2.24, 2.45) is 7.05 Å².